The van der Waals surface area contributed by atoms with Gasteiger partial charge in [-0.3, -0.25) is 14.6 Å². The number of hydrogen-bond acceptors (Lipinski definition) is 3. The average Bonchev–Trinajstić information content (AvgIpc) is 2.67. The first-order chi connectivity index (χ1) is 13.9. The van der Waals surface area contributed by atoms with Gasteiger partial charge in [0.05, 0.1) is 0 Å². The maximum atomic E-state index is 13.2. The van der Waals surface area contributed by atoms with E-state index in [9.17, 15) is 9.59 Å². The summed E-state index contributed by atoms with van der Waals surface area (Å²) in [6.07, 6.45) is 4.18. The lowest BCUT2D eigenvalue weighted by molar-refractivity contribution is 0.102. The van der Waals surface area contributed by atoms with Crippen molar-refractivity contribution in [3.8, 4) is 0 Å². The summed E-state index contributed by atoms with van der Waals surface area (Å²) in [6, 6.07) is 13.0. The highest BCUT2D eigenvalue weighted by Gasteiger charge is 2.21. The van der Waals surface area contributed by atoms with Gasteiger partial charge in [-0.05, 0) is 49.4 Å². The van der Waals surface area contributed by atoms with Crippen LogP contribution in [0, 0.1) is 19.8 Å². The Morgan fingerprint density at radius 2 is 1.90 bits per heavy atom. The Labute approximate surface area is 171 Å². The number of carbonyl (C=O) groups is 1. The van der Waals surface area contributed by atoms with Crippen LogP contribution < -0.4 is 10.7 Å². The molecule has 2 aromatic heterocycles. The SMILES string of the molecule is Cc1ccccc1NC(=O)c1c(CC(C)C)n(Cc2cccnc2)c(C)cc1=O. The molecule has 5 heteroatoms. The molecule has 3 rings (SSSR count). The molecule has 1 N–H and O–H groups in total. The van der Waals surface area contributed by atoms with Crippen molar-refractivity contribution in [1.29, 1.82) is 0 Å². The molecule has 5 nitrogen and oxygen atoms in total. The molecule has 0 bridgehead atoms. The molecule has 2 heterocycles. The molecule has 0 aliphatic heterocycles. The van der Waals surface area contributed by atoms with Gasteiger partial charge in [-0.25, -0.2) is 0 Å². The van der Waals surface area contributed by atoms with Crippen molar-refractivity contribution >= 4 is 11.6 Å². The Balaban J connectivity index is 2.09. The summed E-state index contributed by atoms with van der Waals surface area (Å²) in [7, 11) is 0. The smallest absolute Gasteiger partial charge is 0.261 e. The lowest BCUT2D eigenvalue weighted by Crippen LogP contribution is -2.29. The molecule has 1 aromatic carbocycles. The first kappa shape index (κ1) is 20.5. The quantitative estimate of drug-likeness (QED) is 0.681. The van der Waals surface area contributed by atoms with Crippen LogP contribution in [0.25, 0.3) is 0 Å². The van der Waals surface area contributed by atoms with Crippen LogP contribution in [0.2, 0.25) is 0 Å². The van der Waals surface area contributed by atoms with E-state index >= 15 is 0 Å². The van der Waals surface area contributed by atoms with Crippen LogP contribution >= 0.6 is 0 Å². The fourth-order valence-electron chi connectivity index (χ4n) is 3.46. The van der Waals surface area contributed by atoms with Crippen LogP contribution in [-0.2, 0) is 13.0 Å². The molecule has 0 spiro atoms. The molecule has 0 unspecified atom stereocenters. The first-order valence-corrected chi connectivity index (χ1v) is 9.86. The number of aromatic nitrogens is 2. The monoisotopic (exact) mass is 389 g/mol. The highest BCUT2D eigenvalue weighted by Crippen LogP contribution is 2.19. The lowest BCUT2D eigenvalue weighted by atomic mass is 10.00. The molecular weight excluding hydrogens is 362 g/mol. The molecule has 29 heavy (non-hydrogen) atoms. The predicted octanol–water partition coefficient (Wildman–Crippen LogP) is 4.36. The van der Waals surface area contributed by atoms with Gasteiger partial charge in [-0.2, -0.15) is 0 Å². The predicted molar refractivity (Wildman–Crippen MR) is 116 cm³/mol. The first-order valence-electron chi connectivity index (χ1n) is 9.86. The molecule has 0 fully saturated rings. The normalized spacial score (nSPS) is 10.9. The number of hydrogen-bond donors (Lipinski definition) is 1. The van der Waals surface area contributed by atoms with Crippen LogP contribution in [0.15, 0.2) is 59.7 Å². The van der Waals surface area contributed by atoms with Crippen molar-refractivity contribution in [3.05, 3.63) is 93.2 Å². The number of carbonyl (C=O) groups excluding carboxylic acids is 1. The van der Waals surface area contributed by atoms with E-state index < -0.39 is 0 Å². The van der Waals surface area contributed by atoms with Crippen molar-refractivity contribution in [1.82, 2.24) is 9.55 Å². The summed E-state index contributed by atoms with van der Waals surface area (Å²) in [5, 5.41) is 2.93. The van der Waals surface area contributed by atoms with Crippen molar-refractivity contribution < 1.29 is 4.79 Å². The van der Waals surface area contributed by atoms with E-state index in [4.69, 9.17) is 0 Å². The number of aryl methyl sites for hydroxylation is 2. The number of rotatable bonds is 6. The van der Waals surface area contributed by atoms with Crippen molar-refractivity contribution in [2.75, 3.05) is 5.32 Å². The van der Waals surface area contributed by atoms with Gasteiger partial charge in [0.25, 0.3) is 5.91 Å². The lowest BCUT2D eigenvalue weighted by Gasteiger charge is -2.21. The highest BCUT2D eigenvalue weighted by molar-refractivity contribution is 6.05. The zero-order valence-electron chi connectivity index (χ0n) is 17.4. The maximum absolute atomic E-state index is 13.2. The number of anilines is 1. The Bertz CT molecular complexity index is 1070. The van der Waals surface area contributed by atoms with Crippen LogP contribution in [0.1, 0.15) is 46.7 Å². The van der Waals surface area contributed by atoms with Gasteiger partial charge in [0.15, 0.2) is 5.43 Å². The minimum Gasteiger partial charge on any atom is -0.343 e. The summed E-state index contributed by atoms with van der Waals surface area (Å²) in [5.74, 6) is -0.0683. The number of benzene rings is 1. The topological polar surface area (TPSA) is 64.0 Å². The van der Waals surface area contributed by atoms with Gasteiger partial charge in [0.1, 0.15) is 5.56 Å². The van der Waals surface area contributed by atoms with Crippen molar-refractivity contribution in [2.45, 2.75) is 40.7 Å². The fourth-order valence-corrected chi connectivity index (χ4v) is 3.46. The Morgan fingerprint density at radius 3 is 2.55 bits per heavy atom. The standard InChI is InChI=1S/C24H27N3O2/c1-16(2)12-21-23(24(29)26-20-10-6-5-8-17(20)3)22(28)13-18(4)27(21)15-19-9-7-11-25-14-19/h5-11,13-14,16H,12,15H2,1-4H3,(H,26,29). The molecule has 0 atom stereocenters. The second-order valence-electron chi connectivity index (χ2n) is 7.79. The molecule has 0 saturated heterocycles. The van der Waals surface area contributed by atoms with Gasteiger partial charge in [-0.15, -0.1) is 0 Å². The second kappa shape index (κ2) is 8.86. The summed E-state index contributed by atoms with van der Waals surface area (Å²) in [6.45, 7) is 8.58. The summed E-state index contributed by atoms with van der Waals surface area (Å²) in [4.78, 5) is 30.2. The van der Waals surface area contributed by atoms with Crippen molar-refractivity contribution in [3.63, 3.8) is 0 Å². The molecule has 0 aliphatic rings. The molecule has 0 radical (unpaired) electrons. The van der Waals surface area contributed by atoms with Gasteiger partial charge in [-0.1, -0.05) is 38.1 Å². The largest absolute Gasteiger partial charge is 0.343 e. The van der Waals surface area contributed by atoms with Gasteiger partial charge in [0.2, 0.25) is 0 Å². The van der Waals surface area contributed by atoms with Gasteiger partial charge < -0.3 is 9.88 Å². The fraction of sp³-hybridized carbons (Fsp3) is 0.292. The summed E-state index contributed by atoms with van der Waals surface area (Å²) < 4.78 is 2.06. The number of nitrogens with one attached hydrogen (secondary N) is 1. The zero-order valence-corrected chi connectivity index (χ0v) is 17.4. The van der Waals surface area contributed by atoms with E-state index in [0.29, 0.717) is 24.6 Å². The van der Waals surface area contributed by atoms with Crippen molar-refractivity contribution in [2.24, 2.45) is 5.92 Å². The third-order valence-corrected chi connectivity index (χ3v) is 4.91. The average molecular weight is 389 g/mol. The molecule has 3 aromatic rings. The van der Waals surface area contributed by atoms with Crippen LogP contribution in [0.3, 0.4) is 0 Å². The Morgan fingerprint density at radius 1 is 1.14 bits per heavy atom. The third kappa shape index (κ3) is 4.80. The molecule has 0 aliphatic carbocycles. The zero-order chi connectivity index (χ0) is 21.0. The third-order valence-electron chi connectivity index (χ3n) is 4.91. The van der Waals surface area contributed by atoms with E-state index in [1.165, 1.54) is 0 Å². The molecular formula is C24H27N3O2. The van der Waals surface area contributed by atoms with Crippen LogP contribution in [0.5, 0.6) is 0 Å². The highest BCUT2D eigenvalue weighted by atomic mass is 16.2. The number of para-hydroxylation sites is 1. The summed E-state index contributed by atoms with van der Waals surface area (Å²) >= 11 is 0. The minimum atomic E-state index is -0.361. The molecule has 0 saturated carbocycles. The minimum absolute atomic E-state index is 0.219. The molecule has 1 amide bonds. The van der Waals surface area contributed by atoms with E-state index in [2.05, 4.69) is 28.7 Å². The van der Waals surface area contributed by atoms with Gasteiger partial charge in [0, 0.05) is 42.1 Å². The second-order valence-corrected chi connectivity index (χ2v) is 7.79. The number of pyridine rings is 2. The van der Waals surface area contributed by atoms with Crippen LogP contribution in [0.4, 0.5) is 5.69 Å². The molecule has 150 valence electrons. The maximum Gasteiger partial charge on any atom is 0.261 e. The van der Waals surface area contributed by atoms with E-state index in [0.717, 1.165) is 22.5 Å². The number of nitrogens with zero attached hydrogens (tertiary/aromatic N) is 2. The van der Waals surface area contributed by atoms with E-state index in [1.54, 1.807) is 12.3 Å². The van der Waals surface area contributed by atoms with E-state index in [-0.39, 0.29) is 16.9 Å². The van der Waals surface area contributed by atoms with Crippen LogP contribution in [-0.4, -0.2) is 15.5 Å². The number of amides is 1. The van der Waals surface area contributed by atoms with E-state index in [1.807, 2.05) is 56.4 Å². The Hall–Kier alpha value is -3.21. The van der Waals surface area contributed by atoms with Gasteiger partial charge >= 0.3 is 0 Å². The Kier molecular flexibility index (Phi) is 6.27. The summed E-state index contributed by atoms with van der Waals surface area (Å²) in [5.41, 5.74) is 4.26.